The first-order chi connectivity index (χ1) is 17.8. The van der Waals surface area contributed by atoms with Crippen LogP contribution in [0.1, 0.15) is 28.7 Å². The van der Waals surface area contributed by atoms with Gasteiger partial charge >= 0.3 is 0 Å². The Morgan fingerprint density at radius 3 is 2.73 bits per heavy atom. The van der Waals surface area contributed by atoms with Gasteiger partial charge in [-0.3, -0.25) is 19.5 Å². The highest BCUT2D eigenvalue weighted by Gasteiger charge is 2.19. The second kappa shape index (κ2) is 12.9. The van der Waals surface area contributed by atoms with Gasteiger partial charge in [-0.2, -0.15) is 0 Å². The van der Waals surface area contributed by atoms with Crippen molar-refractivity contribution in [3.8, 4) is 5.69 Å². The number of hydrogen-bond acceptors (Lipinski definition) is 9. The summed E-state index contributed by atoms with van der Waals surface area (Å²) in [6.07, 6.45) is 0. The normalized spacial score (nSPS) is 10.9. The number of benzene rings is 2. The molecule has 0 saturated heterocycles. The van der Waals surface area contributed by atoms with Crippen molar-refractivity contribution in [2.24, 2.45) is 0 Å². The van der Waals surface area contributed by atoms with E-state index in [1.54, 1.807) is 30.0 Å². The van der Waals surface area contributed by atoms with Gasteiger partial charge in [0.15, 0.2) is 15.3 Å². The predicted octanol–water partition coefficient (Wildman–Crippen LogP) is 5.62. The predicted molar refractivity (Wildman–Crippen MR) is 152 cm³/mol. The Morgan fingerprint density at radius 2 is 1.95 bits per heavy atom. The minimum Gasteiger partial charge on any atom is -0.345 e. The average molecular weight is 639 g/mol. The number of anilines is 1. The van der Waals surface area contributed by atoms with Crippen molar-refractivity contribution in [2.45, 2.75) is 29.9 Å². The van der Waals surface area contributed by atoms with Gasteiger partial charge in [0.1, 0.15) is 0 Å². The fourth-order valence-corrected chi connectivity index (χ4v) is 6.19. The van der Waals surface area contributed by atoms with E-state index in [2.05, 4.69) is 47.0 Å². The molecule has 0 spiro atoms. The van der Waals surface area contributed by atoms with Crippen molar-refractivity contribution in [3.05, 3.63) is 68.9 Å². The number of carbonyl (C=O) groups is 2. The van der Waals surface area contributed by atoms with Gasteiger partial charge in [-0.15, -0.1) is 20.4 Å². The topological polar surface area (TPSA) is 115 Å². The molecule has 0 atom stereocenters. The van der Waals surface area contributed by atoms with Gasteiger partial charge < -0.3 is 5.32 Å². The molecule has 2 N–H and O–H groups in total. The minimum absolute atomic E-state index is 0.0970. The highest BCUT2D eigenvalue weighted by Crippen LogP contribution is 2.27. The number of thioether (sulfide) groups is 2. The summed E-state index contributed by atoms with van der Waals surface area (Å²) in [6.45, 7) is 4.12. The summed E-state index contributed by atoms with van der Waals surface area (Å²) in [7, 11) is 0. The average Bonchev–Trinajstić information content (AvgIpc) is 3.49. The molecule has 0 unspecified atom stereocenters. The summed E-state index contributed by atoms with van der Waals surface area (Å²) in [4.78, 5) is 25.3. The largest absolute Gasteiger partial charge is 0.345 e. The number of aryl methyl sites for hydroxylation is 1. The maximum absolute atomic E-state index is 12.8. The van der Waals surface area contributed by atoms with E-state index in [0.717, 1.165) is 25.8 Å². The molecule has 0 bridgehead atoms. The quantitative estimate of drug-likeness (QED) is 0.170. The van der Waals surface area contributed by atoms with Crippen LogP contribution in [-0.2, 0) is 11.3 Å². The Balaban J connectivity index is 1.49. The van der Waals surface area contributed by atoms with Crippen molar-refractivity contribution in [3.63, 3.8) is 0 Å². The first kappa shape index (κ1) is 27.6. The third-order valence-electron chi connectivity index (χ3n) is 4.79. The van der Waals surface area contributed by atoms with E-state index in [1.807, 2.05) is 42.7 Å². The number of aromatic nitrogens is 5. The van der Waals surface area contributed by atoms with Crippen LogP contribution in [0.2, 0.25) is 5.02 Å². The highest BCUT2D eigenvalue weighted by atomic mass is 79.9. The van der Waals surface area contributed by atoms with E-state index in [9.17, 15) is 9.59 Å². The third-order valence-corrected chi connectivity index (χ3v) is 8.40. The van der Waals surface area contributed by atoms with Crippen LogP contribution in [0, 0.1) is 6.92 Å². The fraction of sp³-hybridized carbons (Fsp3) is 0.217. The molecule has 14 heteroatoms. The molecule has 2 aromatic heterocycles. The van der Waals surface area contributed by atoms with Crippen LogP contribution in [0.15, 0.2) is 56.4 Å². The molecular weight excluding hydrogens is 618 g/mol. The number of nitrogens with zero attached hydrogens (tertiary/aromatic N) is 5. The van der Waals surface area contributed by atoms with Gasteiger partial charge in [-0.05, 0) is 48.6 Å². The zero-order valence-electron chi connectivity index (χ0n) is 19.7. The van der Waals surface area contributed by atoms with Crippen LogP contribution in [0.4, 0.5) is 5.13 Å². The summed E-state index contributed by atoms with van der Waals surface area (Å²) >= 11 is 13.7. The van der Waals surface area contributed by atoms with Crippen LogP contribution >= 0.6 is 62.4 Å². The SMILES string of the molecule is CCSc1nnc(NC(=O)CSc2nnc(CNC(=O)c3cc(Br)ccc3Cl)n2-c2cccc(C)c2)s1. The van der Waals surface area contributed by atoms with Crippen LogP contribution in [-0.4, -0.2) is 48.3 Å². The first-order valence-electron chi connectivity index (χ1n) is 11.0. The molecule has 192 valence electrons. The molecule has 2 aromatic carbocycles. The summed E-state index contributed by atoms with van der Waals surface area (Å²) in [5, 5.41) is 23.6. The van der Waals surface area contributed by atoms with Crippen LogP contribution < -0.4 is 10.6 Å². The number of nitrogens with one attached hydrogen (secondary N) is 2. The van der Waals surface area contributed by atoms with Gasteiger partial charge in [0.25, 0.3) is 5.91 Å². The second-order valence-electron chi connectivity index (χ2n) is 7.52. The Hall–Kier alpha value is -2.45. The molecule has 0 aliphatic rings. The molecule has 9 nitrogen and oxygen atoms in total. The van der Waals surface area contributed by atoms with E-state index in [-0.39, 0.29) is 24.1 Å². The molecule has 0 radical (unpaired) electrons. The molecule has 0 aliphatic carbocycles. The van der Waals surface area contributed by atoms with E-state index < -0.39 is 0 Å². The van der Waals surface area contributed by atoms with Gasteiger partial charge in [0, 0.05) is 10.2 Å². The summed E-state index contributed by atoms with van der Waals surface area (Å²) < 4.78 is 3.38. The Morgan fingerprint density at radius 1 is 1.11 bits per heavy atom. The Labute approximate surface area is 239 Å². The maximum Gasteiger partial charge on any atom is 0.253 e. The molecule has 4 rings (SSSR count). The van der Waals surface area contributed by atoms with Crippen molar-refractivity contribution in [1.29, 1.82) is 0 Å². The van der Waals surface area contributed by atoms with Crippen molar-refractivity contribution in [1.82, 2.24) is 30.3 Å². The lowest BCUT2D eigenvalue weighted by Gasteiger charge is -2.12. The van der Waals surface area contributed by atoms with Gasteiger partial charge in [0.05, 0.1) is 22.9 Å². The summed E-state index contributed by atoms with van der Waals surface area (Å²) in [5.74, 6) is 0.924. The smallest absolute Gasteiger partial charge is 0.253 e. The van der Waals surface area contributed by atoms with Crippen LogP contribution in [0.3, 0.4) is 0 Å². The van der Waals surface area contributed by atoms with Gasteiger partial charge in [-0.25, -0.2) is 0 Å². The van der Waals surface area contributed by atoms with Gasteiger partial charge in [0.2, 0.25) is 11.0 Å². The number of hydrogen-bond donors (Lipinski definition) is 2. The molecule has 37 heavy (non-hydrogen) atoms. The molecule has 4 aromatic rings. The van der Waals surface area contributed by atoms with Gasteiger partial charge in [-0.1, -0.05) is 81.4 Å². The third kappa shape index (κ3) is 7.32. The highest BCUT2D eigenvalue weighted by molar-refractivity contribution is 9.10. The zero-order chi connectivity index (χ0) is 26.4. The van der Waals surface area contributed by atoms with E-state index in [4.69, 9.17) is 11.6 Å². The Kier molecular flexibility index (Phi) is 9.60. The van der Waals surface area contributed by atoms with Crippen LogP contribution in [0.25, 0.3) is 5.69 Å². The minimum atomic E-state index is -0.337. The lowest BCUT2D eigenvalue weighted by atomic mass is 10.2. The maximum atomic E-state index is 12.8. The molecule has 2 heterocycles. The molecule has 2 amide bonds. The number of carbonyl (C=O) groups excluding carboxylic acids is 2. The zero-order valence-corrected chi connectivity index (χ0v) is 24.5. The molecule has 0 aliphatic heterocycles. The number of halogens is 2. The molecule has 0 saturated carbocycles. The van der Waals surface area contributed by atoms with E-state index in [1.165, 1.54) is 23.1 Å². The van der Waals surface area contributed by atoms with E-state index >= 15 is 0 Å². The fourth-order valence-electron chi connectivity index (χ4n) is 3.19. The van der Waals surface area contributed by atoms with Crippen molar-refractivity contribution < 1.29 is 9.59 Å². The first-order valence-corrected chi connectivity index (χ1v) is 14.9. The summed E-state index contributed by atoms with van der Waals surface area (Å²) in [6, 6.07) is 12.9. The standard InChI is InChI=1S/C23H21BrClN7O2S3/c1-3-35-23-31-29-21(37-23)27-19(33)12-36-22-30-28-18(32(22)15-6-4-5-13(2)9-15)11-26-20(34)16-10-14(24)7-8-17(16)25/h4-10H,3,11-12H2,1-2H3,(H,26,34)(H,27,29,33). The lowest BCUT2D eigenvalue weighted by molar-refractivity contribution is -0.113. The lowest BCUT2D eigenvalue weighted by Crippen LogP contribution is -2.25. The van der Waals surface area contributed by atoms with Crippen molar-refractivity contribution in [2.75, 3.05) is 16.8 Å². The summed E-state index contributed by atoms with van der Waals surface area (Å²) in [5.41, 5.74) is 2.22. The van der Waals surface area contributed by atoms with Crippen LogP contribution in [0.5, 0.6) is 0 Å². The second-order valence-corrected chi connectivity index (χ2v) is 12.3. The van der Waals surface area contributed by atoms with Crippen molar-refractivity contribution >= 4 is 79.3 Å². The number of rotatable bonds is 10. The Bertz CT molecular complexity index is 1430. The monoisotopic (exact) mass is 637 g/mol. The molecule has 0 fully saturated rings. The number of amides is 2. The molecular formula is C23H21BrClN7O2S3. The van der Waals surface area contributed by atoms with E-state index in [0.29, 0.717) is 26.7 Å².